The molecule has 1 saturated carbocycles. The minimum atomic E-state index is -0.503. The zero-order valence-corrected chi connectivity index (χ0v) is 9.77. The van der Waals surface area contributed by atoms with Crippen molar-refractivity contribution in [2.75, 3.05) is 0 Å². The van der Waals surface area contributed by atoms with Crippen molar-refractivity contribution in [3.8, 4) is 0 Å². The van der Waals surface area contributed by atoms with Crippen LogP contribution in [0.4, 0.5) is 0 Å². The fourth-order valence-corrected chi connectivity index (χ4v) is 2.19. The summed E-state index contributed by atoms with van der Waals surface area (Å²) in [6.07, 6.45) is 3.94. The van der Waals surface area contributed by atoms with Crippen molar-refractivity contribution >= 4 is 16.8 Å². The second kappa shape index (κ2) is 3.94. The highest BCUT2D eigenvalue weighted by Gasteiger charge is 2.27. The highest BCUT2D eigenvalue weighted by Crippen LogP contribution is 2.41. The molecule has 0 spiro atoms. The third-order valence-electron chi connectivity index (χ3n) is 3.21. The molecule has 5 nitrogen and oxygen atoms in total. The molecule has 92 valence electrons. The van der Waals surface area contributed by atoms with E-state index in [1.807, 2.05) is 0 Å². The van der Waals surface area contributed by atoms with Crippen LogP contribution < -0.4 is 11.3 Å². The van der Waals surface area contributed by atoms with Crippen LogP contribution in [0.2, 0.25) is 0 Å². The Bertz CT molecular complexity index is 686. The summed E-state index contributed by atoms with van der Waals surface area (Å²) in [5.41, 5.74) is 7.07. The van der Waals surface area contributed by atoms with Gasteiger partial charge in [-0.3, -0.25) is 14.6 Å². The average Bonchev–Trinajstić information content (AvgIpc) is 3.12. The Morgan fingerprint density at radius 3 is 2.94 bits per heavy atom. The number of carbonyl (C=O) groups excluding carboxylic acids is 1. The molecule has 2 aromatic heterocycles. The van der Waals surface area contributed by atoms with E-state index in [2.05, 4.69) is 9.97 Å². The Morgan fingerprint density at radius 2 is 2.28 bits per heavy atom. The van der Waals surface area contributed by atoms with Crippen LogP contribution in [-0.2, 0) is 11.2 Å². The van der Waals surface area contributed by atoms with Gasteiger partial charge in [0.15, 0.2) is 0 Å². The summed E-state index contributed by atoms with van der Waals surface area (Å²) in [5.74, 6) is -0.0160. The van der Waals surface area contributed by atoms with Gasteiger partial charge in [0.1, 0.15) is 0 Å². The number of fused-ring (bicyclic) bond motifs is 1. The molecule has 1 fully saturated rings. The van der Waals surface area contributed by atoms with Gasteiger partial charge in [-0.15, -0.1) is 0 Å². The summed E-state index contributed by atoms with van der Waals surface area (Å²) in [6, 6.07) is 3.52. The quantitative estimate of drug-likeness (QED) is 0.836. The van der Waals surface area contributed by atoms with Gasteiger partial charge in [-0.1, -0.05) is 0 Å². The zero-order chi connectivity index (χ0) is 12.7. The predicted octanol–water partition coefficient (Wildman–Crippen LogP) is 0.828. The third-order valence-corrected chi connectivity index (χ3v) is 3.21. The number of hydrogen-bond donors (Lipinski definition) is 2. The second-order valence-electron chi connectivity index (χ2n) is 4.70. The van der Waals surface area contributed by atoms with Gasteiger partial charge in [0.2, 0.25) is 5.91 Å². The van der Waals surface area contributed by atoms with E-state index in [-0.39, 0.29) is 12.0 Å². The van der Waals surface area contributed by atoms with E-state index in [0.717, 1.165) is 29.4 Å². The lowest BCUT2D eigenvalue weighted by molar-refractivity contribution is -0.117. The van der Waals surface area contributed by atoms with E-state index >= 15 is 0 Å². The van der Waals surface area contributed by atoms with Gasteiger partial charge in [-0.2, -0.15) is 0 Å². The number of aromatic amines is 1. The Hall–Kier alpha value is -2.17. The molecular weight excluding hydrogens is 230 g/mol. The molecule has 0 bridgehead atoms. The molecule has 0 aliphatic heterocycles. The normalized spacial score (nSPS) is 14.9. The number of carbonyl (C=O) groups is 1. The summed E-state index contributed by atoms with van der Waals surface area (Å²) < 4.78 is 0. The van der Waals surface area contributed by atoms with Crippen LogP contribution in [-0.4, -0.2) is 15.9 Å². The Morgan fingerprint density at radius 1 is 1.50 bits per heavy atom. The largest absolute Gasteiger partial charge is 0.369 e. The van der Waals surface area contributed by atoms with Crippen LogP contribution in [0.25, 0.3) is 10.9 Å². The van der Waals surface area contributed by atoms with E-state index in [9.17, 15) is 9.59 Å². The van der Waals surface area contributed by atoms with E-state index in [0.29, 0.717) is 11.5 Å². The van der Waals surface area contributed by atoms with Gasteiger partial charge in [-0.05, 0) is 25.0 Å². The summed E-state index contributed by atoms with van der Waals surface area (Å²) >= 11 is 0. The average molecular weight is 243 g/mol. The van der Waals surface area contributed by atoms with Crippen LogP contribution in [0, 0.1) is 0 Å². The van der Waals surface area contributed by atoms with Crippen LogP contribution in [0.5, 0.6) is 0 Å². The first-order chi connectivity index (χ1) is 8.65. The SMILES string of the molecule is NC(=O)Cc1cc2c(C3CC3)nccc2[nH]c1=O. The topological polar surface area (TPSA) is 88.8 Å². The van der Waals surface area contributed by atoms with Gasteiger partial charge in [0, 0.05) is 23.1 Å². The standard InChI is InChI=1S/C13H13N3O2/c14-11(17)6-8-5-9-10(16-13(8)18)3-4-15-12(9)7-1-2-7/h3-5,7H,1-2,6H2,(H2,14,17)(H,16,18). The maximum Gasteiger partial charge on any atom is 0.252 e. The van der Waals surface area contributed by atoms with Crippen molar-refractivity contribution in [1.29, 1.82) is 0 Å². The summed E-state index contributed by atoms with van der Waals surface area (Å²) in [5, 5.41) is 0.927. The highest BCUT2D eigenvalue weighted by atomic mass is 16.1. The first-order valence-electron chi connectivity index (χ1n) is 5.94. The minimum absolute atomic E-state index is 0.0374. The lowest BCUT2D eigenvalue weighted by Crippen LogP contribution is -2.21. The first kappa shape index (κ1) is 11.0. The number of primary amides is 1. The maximum absolute atomic E-state index is 11.8. The van der Waals surface area contributed by atoms with Crippen molar-refractivity contribution in [2.45, 2.75) is 25.2 Å². The maximum atomic E-state index is 11.8. The number of H-pyrrole nitrogens is 1. The van der Waals surface area contributed by atoms with Crippen molar-refractivity contribution in [3.63, 3.8) is 0 Å². The minimum Gasteiger partial charge on any atom is -0.369 e. The van der Waals surface area contributed by atoms with Crippen LogP contribution in [0.1, 0.15) is 30.0 Å². The van der Waals surface area contributed by atoms with Crippen molar-refractivity contribution in [1.82, 2.24) is 9.97 Å². The molecule has 0 atom stereocenters. The van der Waals surface area contributed by atoms with Crippen molar-refractivity contribution < 1.29 is 4.79 Å². The molecule has 1 amide bonds. The Balaban J connectivity index is 2.21. The molecular formula is C13H13N3O2. The van der Waals surface area contributed by atoms with E-state index < -0.39 is 5.91 Å². The van der Waals surface area contributed by atoms with Gasteiger partial charge in [0.25, 0.3) is 5.56 Å². The molecule has 1 aliphatic rings. The molecule has 5 heteroatoms. The summed E-state index contributed by atoms with van der Waals surface area (Å²) in [4.78, 5) is 29.9. The molecule has 0 aromatic carbocycles. The lowest BCUT2D eigenvalue weighted by Gasteiger charge is -2.05. The molecule has 3 N–H and O–H groups in total. The number of pyridine rings is 2. The summed E-state index contributed by atoms with van der Waals surface area (Å²) in [7, 11) is 0. The zero-order valence-electron chi connectivity index (χ0n) is 9.77. The monoisotopic (exact) mass is 243 g/mol. The smallest absolute Gasteiger partial charge is 0.252 e. The molecule has 2 heterocycles. The third kappa shape index (κ3) is 1.88. The van der Waals surface area contributed by atoms with Crippen LogP contribution in [0.3, 0.4) is 0 Å². The fourth-order valence-electron chi connectivity index (χ4n) is 2.19. The Kier molecular flexibility index (Phi) is 2.40. The number of nitrogens with two attached hydrogens (primary N) is 1. The van der Waals surface area contributed by atoms with E-state index in [4.69, 9.17) is 5.73 Å². The number of aromatic nitrogens is 2. The number of nitrogens with one attached hydrogen (secondary N) is 1. The predicted molar refractivity (Wildman–Crippen MR) is 67.2 cm³/mol. The fraction of sp³-hybridized carbons (Fsp3) is 0.308. The lowest BCUT2D eigenvalue weighted by atomic mass is 10.1. The molecule has 0 unspecified atom stereocenters. The molecule has 1 aliphatic carbocycles. The highest BCUT2D eigenvalue weighted by molar-refractivity contribution is 5.84. The van der Waals surface area contributed by atoms with Crippen molar-refractivity contribution in [3.05, 3.63) is 39.9 Å². The van der Waals surface area contributed by atoms with Gasteiger partial charge in [-0.25, -0.2) is 0 Å². The summed E-state index contributed by atoms with van der Waals surface area (Å²) in [6.45, 7) is 0. The molecule has 18 heavy (non-hydrogen) atoms. The molecule has 0 saturated heterocycles. The number of amides is 1. The van der Waals surface area contributed by atoms with Crippen molar-refractivity contribution in [2.24, 2.45) is 5.73 Å². The molecule has 2 aromatic rings. The molecule has 0 radical (unpaired) electrons. The van der Waals surface area contributed by atoms with Gasteiger partial charge in [0.05, 0.1) is 17.6 Å². The second-order valence-corrected chi connectivity index (χ2v) is 4.70. The van der Waals surface area contributed by atoms with Crippen LogP contribution >= 0.6 is 0 Å². The van der Waals surface area contributed by atoms with Gasteiger partial charge < -0.3 is 10.7 Å². The number of rotatable bonds is 3. The first-order valence-corrected chi connectivity index (χ1v) is 5.94. The van der Waals surface area contributed by atoms with E-state index in [1.165, 1.54) is 0 Å². The number of hydrogen-bond acceptors (Lipinski definition) is 3. The number of nitrogens with zero attached hydrogens (tertiary/aromatic N) is 1. The molecule has 3 rings (SSSR count). The van der Waals surface area contributed by atoms with Crippen LogP contribution in [0.15, 0.2) is 23.1 Å². The Labute approximate surface area is 103 Å². The van der Waals surface area contributed by atoms with E-state index in [1.54, 1.807) is 18.3 Å². The van der Waals surface area contributed by atoms with Gasteiger partial charge >= 0.3 is 0 Å².